The molecule has 0 bridgehead atoms. The summed E-state index contributed by atoms with van der Waals surface area (Å²) >= 11 is 11.9. The average Bonchev–Trinajstić information content (AvgIpc) is 2.29. The van der Waals surface area contributed by atoms with Crippen LogP contribution in [-0.2, 0) is 6.54 Å². The van der Waals surface area contributed by atoms with Gasteiger partial charge in [0.1, 0.15) is 5.82 Å². The van der Waals surface area contributed by atoms with E-state index in [0.29, 0.717) is 5.92 Å². The first-order valence-corrected chi connectivity index (χ1v) is 6.68. The van der Waals surface area contributed by atoms with Gasteiger partial charge in [0.05, 0.1) is 5.02 Å². The Morgan fingerprint density at radius 1 is 1.47 bits per heavy atom. The van der Waals surface area contributed by atoms with E-state index in [4.69, 9.17) is 23.2 Å². The molecule has 17 heavy (non-hydrogen) atoms. The highest BCUT2D eigenvalue weighted by Gasteiger charge is 2.24. The molecule has 0 spiro atoms. The Morgan fingerprint density at radius 3 is 2.88 bits per heavy atom. The molecule has 0 saturated carbocycles. The Labute approximate surface area is 112 Å². The number of benzene rings is 1. The van der Waals surface area contributed by atoms with Crippen LogP contribution in [0.3, 0.4) is 0 Å². The molecule has 1 aromatic rings. The molecule has 1 aromatic carbocycles. The van der Waals surface area contributed by atoms with Crippen molar-refractivity contribution in [3.63, 3.8) is 0 Å². The predicted octanol–water partition coefficient (Wildman–Crippen LogP) is 3.93. The Bertz CT molecular complexity index is 397. The second kappa shape index (κ2) is 5.55. The third-order valence-corrected chi connectivity index (χ3v) is 4.22. The van der Waals surface area contributed by atoms with Crippen LogP contribution in [0.25, 0.3) is 0 Å². The van der Waals surface area contributed by atoms with Gasteiger partial charge in [0, 0.05) is 18.5 Å². The Balaban J connectivity index is 1.99. The van der Waals surface area contributed by atoms with E-state index in [1.807, 2.05) is 6.07 Å². The van der Waals surface area contributed by atoms with Gasteiger partial charge in [0.15, 0.2) is 0 Å². The molecule has 2 unspecified atom stereocenters. The molecule has 0 aliphatic carbocycles. The molecule has 1 nitrogen and oxygen atoms in total. The summed E-state index contributed by atoms with van der Waals surface area (Å²) in [5.41, 5.74) is 0.949. The van der Waals surface area contributed by atoms with Gasteiger partial charge in [0.25, 0.3) is 0 Å². The maximum atomic E-state index is 13.3. The summed E-state index contributed by atoms with van der Waals surface area (Å²) in [6.45, 7) is 4.81. The first-order chi connectivity index (χ1) is 8.06. The van der Waals surface area contributed by atoms with Crippen LogP contribution in [-0.4, -0.2) is 23.4 Å². The predicted molar refractivity (Wildman–Crippen MR) is 70.1 cm³/mol. The molecule has 4 heteroatoms. The smallest absolute Gasteiger partial charge is 0.142 e. The summed E-state index contributed by atoms with van der Waals surface area (Å²) < 4.78 is 13.3. The number of rotatable bonds is 2. The Hall–Kier alpha value is -0.310. The summed E-state index contributed by atoms with van der Waals surface area (Å²) in [7, 11) is 0. The first-order valence-electron chi connectivity index (χ1n) is 5.86. The number of halogens is 3. The molecule has 0 aromatic heterocycles. The zero-order valence-electron chi connectivity index (χ0n) is 9.80. The zero-order valence-corrected chi connectivity index (χ0v) is 11.3. The minimum Gasteiger partial charge on any atom is -0.298 e. The molecule has 94 valence electrons. The van der Waals surface area contributed by atoms with Crippen molar-refractivity contribution in [2.45, 2.75) is 25.3 Å². The molecular formula is C13H16Cl2FN. The van der Waals surface area contributed by atoms with E-state index in [0.717, 1.165) is 31.6 Å². The van der Waals surface area contributed by atoms with Crippen LogP contribution in [0.1, 0.15) is 18.9 Å². The zero-order chi connectivity index (χ0) is 12.4. The van der Waals surface area contributed by atoms with Crippen LogP contribution in [0.15, 0.2) is 18.2 Å². The van der Waals surface area contributed by atoms with E-state index in [-0.39, 0.29) is 16.2 Å². The van der Waals surface area contributed by atoms with Gasteiger partial charge in [-0.05, 0) is 36.6 Å². The molecule has 0 radical (unpaired) electrons. The van der Waals surface area contributed by atoms with Crippen molar-refractivity contribution in [3.8, 4) is 0 Å². The van der Waals surface area contributed by atoms with Crippen molar-refractivity contribution < 1.29 is 4.39 Å². The third kappa shape index (κ3) is 3.34. The van der Waals surface area contributed by atoms with Crippen LogP contribution in [0.2, 0.25) is 5.02 Å². The molecule has 1 aliphatic heterocycles. The lowest BCUT2D eigenvalue weighted by atomic mass is 9.98. The second-order valence-electron chi connectivity index (χ2n) is 4.77. The van der Waals surface area contributed by atoms with Crippen LogP contribution in [0, 0.1) is 11.7 Å². The molecule has 1 fully saturated rings. The number of hydrogen-bond donors (Lipinski definition) is 0. The summed E-state index contributed by atoms with van der Waals surface area (Å²) in [6.07, 6.45) is 1.10. The molecule has 1 saturated heterocycles. The molecule has 2 rings (SSSR count). The van der Waals surface area contributed by atoms with Gasteiger partial charge >= 0.3 is 0 Å². The second-order valence-corrected chi connectivity index (χ2v) is 5.73. The van der Waals surface area contributed by atoms with E-state index < -0.39 is 0 Å². The van der Waals surface area contributed by atoms with Gasteiger partial charge in [-0.15, -0.1) is 11.6 Å². The average molecular weight is 276 g/mol. The van der Waals surface area contributed by atoms with Crippen molar-refractivity contribution in [3.05, 3.63) is 34.6 Å². The van der Waals surface area contributed by atoms with Crippen LogP contribution in [0.4, 0.5) is 4.39 Å². The van der Waals surface area contributed by atoms with Crippen molar-refractivity contribution in [2.75, 3.05) is 13.1 Å². The van der Waals surface area contributed by atoms with Crippen molar-refractivity contribution in [2.24, 2.45) is 5.92 Å². The SMILES string of the molecule is CC1CCN(Cc2ccc(Cl)c(F)c2)CC1Cl. The number of likely N-dealkylation sites (tertiary alicyclic amines) is 1. The fraction of sp³-hybridized carbons (Fsp3) is 0.538. The van der Waals surface area contributed by atoms with E-state index in [1.54, 1.807) is 6.07 Å². The Morgan fingerprint density at radius 2 is 2.24 bits per heavy atom. The van der Waals surface area contributed by atoms with E-state index in [2.05, 4.69) is 11.8 Å². The fourth-order valence-corrected chi connectivity index (χ4v) is 2.56. The third-order valence-electron chi connectivity index (χ3n) is 3.34. The van der Waals surface area contributed by atoms with Gasteiger partial charge in [0.2, 0.25) is 0 Å². The first kappa shape index (κ1) is 13.1. The highest BCUT2D eigenvalue weighted by atomic mass is 35.5. The van der Waals surface area contributed by atoms with E-state index in [9.17, 15) is 4.39 Å². The van der Waals surface area contributed by atoms with Gasteiger partial charge in [-0.2, -0.15) is 0 Å². The Kier molecular flexibility index (Phi) is 4.29. The maximum Gasteiger partial charge on any atom is 0.142 e. The topological polar surface area (TPSA) is 3.24 Å². The lowest BCUT2D eigenvalue weighted by Gasteiger charge is -2.33. The van der Waals surface area contributed by atoms with Gasteiger partial charge < -0.3 is 0 Å². The highest BCUT2D eigenvalue weighted by Crippen LogP contribution is 2.24. The summed E-state index contributed by atoms with van der Waals surface area (Å²) in [5.74, 6) is 0.215. The van der Waals surface area contributed by atoms with E-state index >= 15 is 0 Å². The summed E-state index contributed by atoms with van der Waals surface area (Å²) in [4.78, 5) is 2.26. The quantitative estimate of drug-likeness (QED) is 0.740. The van der Waals surface area contributed by atoms with Crippen LogP contribution < -0.4 is 0 Å². The minimum absolute atomic E-state index is 0.177. The largest absolute Gasteiger partial charge is 0.298 e. The van der Waals surface area contributed by atoms with Crippen LogP contribution >= 0.6 is 23.2 Å². The van der Waals surface area contributed by atoms with Crippen molar-refractivity contribution in [1.82, 2.24) is 4.90 Å². The molecule has 2 atom stereocenters. The number of piperidine rings is 1. The molecule has 1 aliphatic rings. The minimum atomic E-state index is -0.350. The lowest BCUT2D eigenvalue weighted by Crippen LogP contribution is -2.39. The van der Waals surface area contributed by atoms with Crippen molar-refractivity contribution in [1.29, 1.82) is 0 Å². The van der Waals surface area contributed by atoms with Gasteiger partial charge in [-0.25, -0.2) is 4.39 Å². The molecule has 0 amide bonds. The monoisotopic (exact) mass is 275 g/mol. The maximum absolute atomic E-state index is 13.3. The molecular weight excluding hydrogens is 260 g/mol. The fourth-order valence-electron chi connectivity index (χ4n) is 2.12. The number of alkyl halides is 1. The highest BCUT2D eigenvalue weighted by molar-refractivity contribution is 6.30. The molecule has 1 heterocycles. The van der Waals surface area contributed by atoms with Crippen LogP contribution in [0.5, 0.6) is 0 Å². The molecule has 0 N–H and O–H groups in total. The van der Waals surface area contributed by atoms with E-state index in [1.165, 1.54) is 6.07 Å². The number of nitrogens with zero attached hydrogens (tertiary/aromatic N) is 1. The summed E-state index contributed by atoms with van der Waals surface area (Å²) in [6, 6.07) is 4.98. The van der Waals surface area contributed by atoms with Gasteiger partial charge in [-0.1, -0.05) is 24.6 Å². The summed E-state index contributed by atoms with van der Waals surface area (Å²) in [5, 5.41) is 0.372. The standard InChI is InChI=1S/C13H16Cl2FN/c1-9-4-5-17(8-12(9)15)7-10-2-3-11(14)13(16)6-10/h2-3,6,9,12H,4-5,7-8H2,1H3. The number of hydrogen-bond acceptors (Lipinski definition) is 1. The van der Waals surface area contributed by atoms with Crippen molar-refractivity contribution >= 4 is 23.2 Å². The normalized spacial score (nSPS) is 26.1. The van der Waals surface area contributed by atoms with Gasteiger partial charge in [-0.3, -0.25) is 4.90 Å². The lowest BCUT2D eigenvalue weighted by molar-refractivity contribution is 0.189.